The molecule has 0 amide bonds. The Kier molecular flexibility index (Phi) is 3.48. The zero-order valence-corrected chi connectivity index (χ0v) is 13.7. The number of nitrogens with zero attached hydrogens (tertiary/aromatic N) is 1. The van der Waals surface area contributed by atoms with Gasteiger partial charge in [-0.1, -0.05) is 6.07 Å². The lowest BCUT2D eigenvalue weighted by molar-refractivity contribution is 0.0767. The fraction of sp³-hybridized carbons (Fsp3) is 0.353. The van der Waals surface area contributed by atoms with Crippen LogP contribution in [0.25, 0.3) is 0 Å². The number of ether oxygens (including phenoxy) is 1. The van der Waals surface area contributed by atoms with Gasteiger partial charge in [0, 0.05) is 29.6 Å². The second-order valence-electron chi connectivity index (χ2n) is 6.34. The number of benzene rings is 1. The van der Waals surface area contributed by atoms with Gasteiger partial charge >= 0.3 is 0 Å². The van der Waals surface area contributed by atoms with Crippen molar-refractivity contribution in [2.75, 3.05) is 6.26 Å². The third-order valence-corrected chi connectivity index (χ3v) is 5.02. The first-order chi connectivity index (χ1) is 10.3. The van der Waals surface area contributed by atoms with Crippen LogP contribution in [0.3, 0.4) is 0 Å². The van der Waals surface area contributed by atoms with E-state index in [0.717, 1.165) is 23.4 Å². The lowest BCUT2D eigenvalue weighted by atomic mass is 9.82. The zero-order chi connectivity index (χ0) is 16.0. The first-order valence-electron chi connectivity index (χ1n) is 7.20. The average Bonchev–Trinajstić information content (AvgIpc) is 2.45. The van der Waals surface area contributed by atoms with Gasteiger partial charge in [-0.2, -0.15) is 0 Å². The normalized spacial score (nSPS) is 20.0. The minimum atomic E-state index is -3.25. The van der Waals surface area contributed by atoms with Gasteiger partial charge in [-0.25, -0.2) is 8.42 Å². The molecule has 0 fully saturated rings. The molecule has 22 heavy (non-hydrogen) atoms. The van der Waals surface area contributed by atoms with E-state index in [1.165, 1.54) is 6.26 Å². The van der Waals surface area contributed by atoms with E-state index < -0.39 is 9.84 Å². The first kappa shape index (κ1) is 15.0. The third-order valence-electron chi connectivity index (χ3n) is 3.91. The van der Waals surface area contributed by atoms with Gasteiger partial charge in [0.15, 0.2) is 9.84 Å². The van der Waals surface area contributed by atoms with Crippen molar-refractivity contribution in [3.63, 3.8) is 0 Å². The number of sulfone groups is 1. The molecular formula is C17H19NO3S. The summed E-state index contributed by atoms with van der Waals surface area (Å²) in [5, 5.41) is 0. The second kappa shape index (κ2) is 5.09. The molecule has 116 valence electrons. The van der Waals surface area contributed by atoms with Gasteiger partial charge < -0.3 is 4.74 Å². The summed E-state index contributed by atoms with van der Waals surface area (Å²) in [6.07, 6.45) is 3.74. The van der Waals surface area contributed by atoms with Gasteiger partial charge in [0.05, 0.1) is 4.90 Å². The molecule has 0 radical (unpaired) electrons. The van der Waals surface area contributed by atoms with E-state index in [0.29, 0.717) is 4.90 Å². The molecule has 0 bridgehead atoms. The number of hydrogen-bond donors (Lipinski definition) is 0. The van der Waals surface area contributed by atoms with Gasteiger partial charge in [0.25, 0.3) is 0 Å². The maximum absolute atomic E-state index is 11.8. The fourth-order valence-electron chi connectivity index (χ4n) is 2.91. The molecule has 0 saturated heterocycles. The largest absolute Gasteiger partial charge is 0.488 e. The molecule has 1 aromatic heterocycles. The van der Waals surface area contributed by atoms with Gasteiger partial charge in [-0.05, 0) is 50.6 Å². The molecule has 5 heteroatoms. The average molecular weight is 317 g/mol. The van der Waals surface area contributed by atoms with Crippen LogP contribution in [-0.2, 0) is 9.84 Å². The molecule has 0 spiro atoms. The predicted molar refractivity (Wildman–Crippen MR) is 85.0 cm³/mol. The van der Waals surface area contributed by atoms with Crippen LogP contribution < -0.4 is 4.74 Å². The Hall–Kier alpha value is -1.88. The van der Waals surface area contributed by atoms with Crippen LogP contribution in [0.1, 0.15) is 37.4 Å². The van der Waals surface area contributed by atoms with Crippen molar-refractivity contribution in [1.29, 1.82) is 0 Å². The zero-order valence-electron chi connectivity index (χ0n) is 12.9. The van der Waals surface area contributed by atoms with Crippen molar-refractivity contribution < 1.29 is 13.2 Å². The molecule has 0 saturated carbocycles. The molecule has 0 aliphatic carbocycles. The van der Waals surface area contributed by atoms with Crippen molar-refractivity contribution >= 4 is 9.84 Å². The van der Waals surface area contributed by atoms with Gasteiger partial charge in [0.2, 0.25) is 0 Å². The molecule has 1 aromatic carbocycles. The second-order valence-corrected chi connectivity index (χ2v) is 8.36. The highest BCUT2D eigenvalue weighted by molar-refractivity contribution is 7.90. The molecule has 4 nitrogen and oxygen atoms in total. The molecule has 3 rings (SSSR count). The number of hydrogen-bond acceptors (Lipinski definition) is 4. The molecule has 2 aromatic rings. The summed E-state index contributed by atoms with van der Waals surface area (Å²) in [7, 11) is -3.25. The summed E-state index contributed by atoms with van der Waals surface area (Å²) in [5.41, 5.74) is 1.51. The van der Waals surface area contributed by atoms with E-state index in [1.807, 2.05) is 32.0 Å². The van der Waals surface area contributed by atoms with E-state index in [4.69, 9.17) is 4.74 Å². The third kappa shape index (κ3) is 2.86. The Morgan fingerprint density at radius 1 is 1.23 bits per heavy atom. The van der Waals surface area contributed by atoms with Crippen molar-refractivity contribution in [3.05, 3.63) is 53.9 Å². The van der Waals surface area contributed by atoms with E-state index in [2.05, 4.69) is 4.98 Å². The molecule has 2 heterocycles. The van der Waals surface area contributed by atoms with Crippen molar-refractivity contribution in [2.24, 2.45) is 0 Å². The van der Waals surface area contributed by atoms with Crippen LogP contribution in [-0.4, -0.2) is 25.3 Å². The highest BCUT2D eigenvalue weighted by Crippen LogP contribution is 2.44. The maximum atomic E-state index is 11.8. The molecule has 1 atom stereocenters. The number of pyridine rings is 1. The van der Waals surface area contributed by atoms with Crippen LogP contribution in [0.2, 0.25) is 0 Å². The molecule has 1 unspecified atom stereocenters. The van der Waals surface area contributed by atoms with Crippen LogP contribution >= 0.6 is 0 Å². The Morgan fingerprint density at radius 3 is 2.64 bits per heavy atom. The SMILES string of the molecule is CC1(C)CC(c2ccccn2)c2cc(S(C)(=O)=O)ccc2O1. The Labute approximate surface area is 131 Å². The van der Waals surface area contributed by atoms with E-state index >= 15 is 0 Å². The van der Waals surface area contributed by atoms with Crippen LogP contribution in [0, 0.1) is 0 Å². The number of fused-ring (bicyclic) bond motifs is 1. The Morgan fingerprint density at radius 2 is 2.00 bits per heavy atom. The summed E-state index contributed by atoms with van der Waals surface area (Å²) in [6.45, 7) is 4.08. The van der Waals surface area contributed by atoms with Crippen LogP contribution in [0.4, 0.5) is 0 Å². The van der Waals surface area contributed by atoms with Gasteiger partial charge in [0.1, 0.15) is 11.4 Å². The molecule has 1 aliphatic rings. The predicted octanol–water partition coefficient (Wildman–Crippen LogP) is 3.18. The standard InChI is InChI=1S/C17H19NO3S/c1-17(2)11-14(15-6-4-5-9-18-15)13-10-12(22(3,19)20)7-8-16(13)21-17/h4-10,14H,11H2,1-3H3. The fourth-order valence-corrected chi connectivity index (χ4v) is 3.57. The molecule has 0 N–H and O–H groups in total. The van der Waals surface area contributed by atoms with Crippen LogP contribution in [0.5, 0.6) is 5.75 Å². The summed E-state index contributed by atoms with van der Waals surface area (Å²) in [4.78, 5) is 4.77. The Balaban J connectivity index is 2.17. The minimum absolute atomic E-state index is 0.0293. The lowest BCUT2D eigenvalue weighted by Crippen LogP contribution is -2.35. The Bertz CT molecular complexity index is 798. The lowest BCUT2D eigenvalue weighted by Gasteiger charge is -2.37. The molecule has 1 aliphatic heterocycles. The number of aromatic nitrogens is 1. The highest BCUT2D eigenvalue weighted by Gasteiger charge is 2.35. The van der Waals surface area contributed by atoms with E-state index in [-0.39, 0.29) is 11.5 Å². The summed E-state index contributed by atoms with van der Waals surface area (Å²) >= 11 is 0. The highest BCUT2D eigenvalue weighted by atomic mass is 32.2. The van der Waals surface area contributed by atoms with Crippen molar-refractivity contribution in [2.45, 2.75) is 36.7 Å². The van der Waals surface area contributed by atoms with E-state index in [9.17, 15) is 8.42 Å². The monoisotopic (exact) mass is 317 g/mol. The first-order valence-corrected chi connectivity index (χ1v) is 9.09. The number of rotatable bonds is 2. The summed E-state index contributed by atoms with van der Waals surface area (Å²) in [6, 6.07) is 10.9. The summed E-state index contributed by atoms with van der Waals surface area (Å²) in [5.74, 6) is 0.765. The minimum Gasteiger partial charge on any atom is -0.488 e. The maximum Gasteiger partial charge on any atom is 0.175 e. The van der Waals surface area contributed by atoms with Gasteiger partial charge in [-0.3, -0.25) is 4.98 Å². The van der Waals surface area contributed by atoms with Crippen molar-refractivity contribution in [3.8, 4) is 5.75 Å². The van der Waals surface area contributed by atoms with Crippen LogP contribution in [0.15, 0.2) is 47.5 Å². The van der Waals surface area contributed by atoms with Gasteiger partial charge in [-0.15, -0.1) is 0 Å². The molecular weight excluding hydrogens is 298 g/mol. The van der Waals surface area contributed by atoms with Crippen molar-refractivity contribution in [1.82, 2.24) is 4.98 Å². The quantitative estimate of drug-likeness (QED) is 0.853. The van der Waals surface area contributed by atoms with E-state index in [1.54, 1.807) is 24.4 Å². The topological polar surface area (TPSA) is 56.3 Å². The smallest absolute Gasteiger partial charge is 0.175 e. The summed E-state index contributed by atoms with van der Waals surface area (Å²) < 4.78 is 29.7.